The Morgan fingerprint density at radius 3 is 2.55 bits per heavy atom. The van der Waals surface area contributed by atoms with E-state index in [9.17, 15) is 0 Å². The van der Waals surface area contributed by atoms with Gasteiger partial charge in [-0.2, -0.15) is 0 Å². The van der Waals surface area contributed by atoms with Gasteiger partial charge in [0.25, 0.3) is 0 Å². The van der Waals surface area contributed by atoms with Gasteiger partial charge in [0, 0.05) is 0 Å². The van der Waals surface area contributed by atoms with Crippen LogP contribution in [0.1, 0.15) is 33.1 Å². The first-order chi connectivity index (χ1) is 5.24. The van der Waals surface area contributed by atoms with Crippen LogP contribution >= 0.6 is 0 Å². The van der Waals surface area contributed by atoms with Crippen molar-refractivity contribution in [3.8, 4) is 0 Å². The van der Waals surface area contributed by atoms with Crippen molar-refractivity contribution in [1.29, 1.82) is 0 Å². The summed E-state index contributed by atoms with van der Waals surface area (Å²) in [6.07, 6.45) is 4.18. The molecule has 2 unspecified atom stereocenters. The Kier molecular flexibility index (Phi) is 3.38. The highest BCUT2D eigenvalue weighted by molar-refractivity contribution is 4.72. The van der Waals surface area contributed by atoms with Gasteiger partial charge in [0.2, 0.25) is 0 Å². The van der Waals surface area contributed by atoms with Gasteiger partial charge in [-0.1, -0.05) is 20.3 Å². The summed E-state index contributed by atoms with van der Waals surface area (Å²) >= 11 is 0. The highest BCUT2D eigenvalue weighted by atomic mass is 15.1. The molecule has 1 heterocycles. The second kappa shape index (κ2) is 4.10. The van der Waals surface area contributed by atoms with Crippen molar-refractivity contribution >= 4 is 0 Å². The number of nitrogens with zero attached hydrogens (tertiary/aromatic N) is 1. The average Bonchev–Trinajstić information content (AvgIpc) is 2.15. The van der Waals surface area contributed by atoms with E-state index in [4.69, 9.17) is 0 Å². The Bertz CT molecular complexity index is 111. The zero-order valence-corrected chi connectivity index (χ0v) is 8.14. The van der Waals surface area contributed by atoms with Gasteiger partial charge < -0.3 is 4.90 Å². The maximum atomic E-state index is 2.46. The van der Waals surface area contributed by atoms with Crippen LogP contribution in [0.2, 0.25) is 0 Å². The summed E-state index contributed by atoms with van der Waals surface area (Å²) in [6, 6.07) is 0. The van der Waals surface area contributed by atoms with Crippen LogP contribution < -0.4 is 0 Å². The Hall–Kier alpha value is -0.0400. The van der Waals surface area contributed by atoms with Crippen LogP contribution in [0.15, 0.2) is 0 Å². The van der Waals surface area contributed by atoms with Crippen molar-refractivity contribution in [2.45, 2.75) is 33.1 Å². The van der Waals surface area contributed by atoms with Crippen LogP contribution in [0, 0.1) is 11.8 Å². The molecule has 1 rings (SSSR count). The number of rotatable bonds is 1. The molecule has 0 spiro atoms. The monoisotopic (exact) mass is 155 g/mol. The summed E-state index contributed by atoms with van der Waals surface area (Å²) in [5.41, 5.74) is 0. The normalized spacial score (nSPS) is 35.2. The zero-order chi connectivity index (χ0) is 8.27. The molecule has 0 N–H and O–H groups in total. The molecule has 0 radical (unpaired) electrons. The molecule has 0 aromatic carbocycles. The lowest BCUT2D eigenvalue weighted by molar-refractivity contribution is 0.334. The van der Waals surface area contributed by atoms with Crippen molar-refractivity contribution in [2.75, 3.05) is 20.1 Å². The van der Waals surface area contributed by atoms with E-state index in [2.05, 4.69) is 25.8 Å². The minimum atomic E-state index is 0.949. The van der Waals surface area contributed by atoms with E-state index in [1.54, 1.807) is 0 Å². The zero-order valence-electron chi connectivity index (χ0n) is 8.14. The summed E-state index contributed by atoms with van der Waals surface area (Å²) in [4.78, 5) is 2.46. The lowest BCUT2D eigenvalue weighted by Gasteiger charge is -2.18. The molecule has 1 fully saturated rings. The summed E-state index contributed by atoms with van der Waals surface area (Å²) in [5.74, 6) is 1.94. The topological polar surface area (TPSA) is 3.24 Å². The Morgan fingerprint density at radius 1 is 1.27 bits per heavy atom. The number of hydrogen-bond donors (Lipinski definition) is 0. The lowest BCUT2D eigenvalue weighted by atomic mass is 9.88. The minimum Gasteiger partial charge on any atom is -0.306 e. The highest BCUT2D eigenvalue weighted by Gasteiger charge is 2.19. The predicted octanol–water partition coefficient (Wildman–Crippen LogP) is 2.37. The Balaban J connectivity index is 2.41. The maximum Gasteiger partial charge on any atom is -0.00190 e. The molecule has 0 bridgehead atoms. The first kappa shape index (κ1) is 9.05. The fraction of sp³-hybridized carbons (Fsp3) is 1.00. The molecular weight excluding hydrogens is 134 g/mol. The summed E-state index contributed by atoms with van der Waals surface area (Å²) in [7, 11) is 2.24. The van der Waals surface area contributed by atoms with E-state index >= 15 is 0 Å². The van der Waals surface area contributed by atoms with E-state index in [1.807, 2.05) is 0 Å². The van der Waals surface area contributed by atoms with Crippen LogP contribution in [0.25, 0.3) is 0 Å². The van der Waals surface area contributed by atoms with Gasteiger partial charge in [-0.05, 0) is 44.8 Å². The van der Waals surface area contributed by atoms with Gasteiger partial charge in [0.15, 0.2) is 0 Å². The van der Waals surface area contributed by atoms with Crippen LogP contribution in [-0.2, 0) is 0 Å². The molecule has 0 aliphatic carbocycles. The molecular formula is C10H21N. The molecule has 0 aromatic heterocycles. The first-order valence-electron chi connectivity index (χ1n) is 4.92. The SMILES string of the molecule is CCC1CCN(C)CCC1C. The molecule has 2 atom stereocenters. The first-order valence-corrected chi connectivity index (χ1v) is 4.92. The molecule has 0 aromatic rings. The number of likely N-dealkylation sites (tertiary alicyclic amines) is 1. The van der Waals surface area contributed by atoms with E-state index < -0.39 is 0 Å². The molecule has 0 saturated carbocycles. The quantitative estimate of drug-likeness (QED) is 0.562. The van der Waals surface area contributed by atoms with Crippen molar-refractivity contribution in [1.82, 2.24) is 4.90 Å². The van der Waals surface area contributed by atoms with Crippen LogP contribution in [0.5, 0.6) is 0 Å². The summed E-state index contributed by atoms with van der Waals surface area (Å²) in [6.45, 7) is 7.35. The molecule has 1 heteroatoms. The third kappa shape index (κ3) is 2.48. The standard InChI is InChI=1S/C10H21N/c1-4-10-6-8-11(3)7-5-9(10)2/h9-10H,4-8H2,1-3H3. The van der Waals surface area contributed by atoms with Crippen LogP contribution in [-0.4, -0.2) is 25.0 Å². The van der Waals surface area contributed by atoms with Crippen molar-refractivity contribution in [2.24, 2.45) is 11.8 Å². The van der Waals surface area contributed by atoms with Gasteiger partial charge in [-0.15, -0.1) is 0 Å². The highest BCUT2D eigenvalue weighted by Crippen LogP contribution is 2.25. The smallest absolute Gasteiger partial charge is 0.00190 e. The largest absolute Gasteiger partial charge is 0.306 e. The third-order valence-corrected chi connectivity index (χ3v) is 3.18. The summed E-state index contributed by atoms with van der Waals surface area (Å²) in [5, 5.41) is 0. The van der Waals surface area contributed by atoms with Crippen LogP contribution in [0.3, 0.4) is 0 Å². The van der Waals surface area contributed by atoms with E-state index in [1.165, 1.54) is 32.4 Å². The van der Waals surface area contributed by atoms with Crippen molar-refractivity contribution in [3.63, 3.8) is 0 Å². The van der Waals surface area contributed by atoms with Gasteiger partial charge in [-0.25, -0.2) is 0 Å². The predicted molar refractivity (Wildman–Crippen MR) is 49.7 cm³/mol. The molecule has 1 saturated heterocycles. The van der Waals surface area contributed by atoms with Gasteiger partial charge in [0.1, 0.15) is 0 Å². The Morgan fingerprint density at radius 2 is 1.91 bits per heavy atom. The minimum absolute atomic E-state index is 0.949. The van der Waals surface area contributed by atoms with E-state index in [0.717, 1.165) is 11.8 Å². The van der Waals surface area contributed by atoms with Gasteiger partial charge in [0.05, 0.1) is 0 Å². The molecule has 66 valence electrons. The second-order valence-electron chi connectivity index (χ2n) is 4.03. The number of hydrogen-bond acceptors (Lipinski definition) is 1. The molecule has 1 nitrogen and oxygen atoms in total. The average molecular weight is 155 g/mol. The van der Waals surface area contributed by atoms with Gasteiger partial charge in [-0.3, -0.25) is 0 Å². The van der Waals surface area contributed by atoms with Gasteiger partial charge >= 0.3 is 0 Å². The maximum absolute atomic E-state index is 2.46. The van der Waals surface area contributed by atoms with Crippen molar-refractivity contribution in [3.05, 3.63) is 0 Å². The van der Waals surface area contributed by atoms with E-state index in [0.29, 0.717) is 0 Å². The molecule has 1 aliphatic rings. The second-order valence-corrected chi connectivity index (χ2v) is 4.03. The summed E-state index contributed by atoms with van der Waals surface area (Å²) < 4.78 is 0. The van der Waals surface area contributed by atoms with Crippen LogP contribution in [0.4, 0.5) is 0 Å². The Labute approximate surface area is 70.8 Å². The molecule has 11 heavy (non-hydrogen) atoms. The van der Waals surface area contributed by atoms with E-state index in [-0.39, 0.29) is 0 Å². The molecule has 0 amide bonds. The lowest BCUT2D eigenvalue weighted by Crippen LogP contribution is -2.18. The third-order valence-electron chi connectivity index (χ3n) is 3.18. The molecule has 1 aliphatic heterocycles. The fourth-order valence-corrected chi connectivity index (χ4v) is 2.05. The van der Waals surface area contributed by atoms with Crippen molar-refractivity contribution < 1.29 is 0 Å². The fourth-order valence-electron chi connectivity index (χ4n) is 2.05.